The molecule has 0 saturated heterocycles. The van der Waals surface area contributed by atoms with Crippen molar-refractivity contribution >= 4 is 11.0 Å². The van der Waals surface area contributed by atoms with Gasteiger partial charge in [0.05, 0.1) is 0 Å². The number of fused-ring (bicyclic) bond motifs is 1. The van der Waals surface area contributed by atoms with E-state index in [2.05, 4.69) is 102 Å². The van der Waals surface area contributed by atoms with Crippen molar-refractivity contribution in [1.82, 2.24) is 0 Å². The average molecular weight is 490 g/mol. The van der Waals surface area contributed by atoms with E-state index in [0.29, 0.717) is 0 Å². The second kappa shape index (κ2) is 8.71. The number of hydrogen-bond acceptors (Lipinski definition) is 0. The first-order chi connectivity index (χ1) is 14.4. The van der Waals surface area contributed by atoms with Crippen molar-refractivity contribution in [2.24, 2.45) is 0 Å². The maximum absolute atomic E-state index is 2.62. The molecule has 2 aliphatic carbocycles. The van der Waals surface area contributed by atoms with Crippen molar-refractivity contribution in [1.29, 1.82) is 0 Å². The number of allylic oxidation sites excluding steroid dienone is 5. The molecule has 0 N–H and O–H groups in total. The molecule has 0 amide bonds. The van der Waals surface area contributed by atoms with E-state index in [0.717, 1.165) is 7.25 Å². The van der Waals surface area contributed by atoms with Gasteiger partial charge >= 0.3 is 192 Å². The van der Waals surface area contributed by atoms with E-state index < -0.39 is 20.4 Å². The molecule has 0 aromatic heterocycles. The Morgan fingerprint density at radius 2 is 1.33 bits per heavy atom. The molecular weight excluding hydrogens is 456 g/mol. The van der Waals surface area contributed by atoms with Crippen LogP contribution in [0.5, 0.6) is 0 Å². The van der Waals surface area contributed by atoms with E-state index in [1.807, 2.05) is 0 Å². The zero-order valence-electron chi connectivity index (χ0n) is 19.6. The zero-order chi connectivity index (χ0) is 21.6. The molecule has 4 rings (SSSR count). The molecule has 30 heavy (non-hydrogen) atoms. The molecule has 2 heteroatoms. The van der Waals surface area contributed by atoms with Crippen molar-refractivity contribution in [3.8, 4) is 0 Å². The summed E-state index contributed by atoms with van der Waals surface area (Å²) in [7, 11) is 0. The minimum atomic E-state index is -1.91. The molecule has 0 fully saturated rings. The maximum atomic E-state index is 2.62. The van der Waals surface area contributed by atoms with Crippen LogP contribution in [0, 0.1) is 0 Å². The molecule has 0 bridgehead atoms. The van der Waals surface area contributed by atoms with Crippen LogP contribution >= 0.6 is 0 Å². The van der Waals surface area contributed by atoms with Crippen molar-refractivity contribution in [2.45, 2.75) is 61.4 Å². The molecule has 0 saturated carbocycles. The molecule has 0 heterocycles. The third kappa shape index (κ3) is 3.45. The van der Waals surface area contributed by atoms with Crippen molar-refractivity contribution in [2.75, 3.05) is 0 Å². The number of rotatable bonds is 4. The van der Waals surface area contributed by atoms with Crippen LogP contribution in [0.15, 0.2) is 82.5 Å². The van der Waals surface area contributed by atoms with Crippen LogP contribution in [0.3, 0.4) is 0 Å². The van der Waals surface area contributed by atoms with Gasteiger partial charge in [0.1, 0.15) is 0 Å². The normalized spacial score (nSPS) is 19.1. The van der Waals surface area contributed by atoms with Gasteiger partial charge in [-0.1, -0.05) is 0 Å². The molecule has 154 valence electrons. The molecule has 2 aliphatic rings. The first-order valence-corrected chi connectivity index (χ1v) is 20.3. The van der Waals surface area contributed by atoms with Gasteiger partial charge in [-0.2, -0.15) is 0 Å². The Bertz CT molecular complexity index is 1100. The summed E-state index contributed by atoms with van der Waals surface area (Å²) in [6.45, 7) is 17.3. The van der Waals surface area contributed by atoms with Gasteiger partial charge in [-0.3, -0.25) is 0 Å². The van der Waals surface area contributed by atoms with Crippen molar-refractivity contribution in [3.63, 3.8) is 0 Å². The van der Waals surface area contributed by atoms with Crippen LogP contribution in [-0.4, -0.2) is 5.43 Å². The molecule has 0 aliphatic heterocycles. The van der Waals surface area contributed by atoms with Gasteiger partial charge in [-0.05, 0) is 0 Å². The molecule has 2 aromatic rings. The minimum absolute atomic E-state index is 0.345. The van der Waals surface area contributed by atoms with E-state index >= 15 is 0 Å². The third-order valence-electron chi connectivity index (χ3n) is 7.46. The van der Waals surface area contributed by atoms with Crippen LogP contribution in [0.1, 0.15) is 61.4 Å². The number of benzene rings is 2. The fourth-order valence-corrected chi connectivity index (χ4v) is 27.3. The fraction of sp³-hybridized carbons (Fsp3) is 0.357. The van der Waals surface area contributed by atoms with Gasteiger partial charge in [-0.15, -0.1) is 0 Å². The first-order valence-electron chi connectivity index (χ1n) is 11.3. The zero-order valence-corrected chi connectivity index (χ0v) is 23.0. The van der Waals surface area contributed by atoms with Gasteiger partial charge in [0.2, 0.25) is 0 Å². The van der Waals surface area contributed by atoms with E-state index in [9.17, 15) is 0 Å². The molecule has 0 nitrogen and oxygen atoms in total. The monoisotopic (exact) mass is 488 g/mol. The van der Waals surface area contributed by atoms with Crippen molar-refractivity contribution in [3.05, 3.63) is 99.2 Å². The van der Waals surface area contributed by atoms with E-state index in [-0.39, 0.29) is 5.43 Å². The first kappa shape index (κ1) is 22.0. The second-order valence-corrected chi connectivity index (χ2v) is 27.0. The molecule has 0 spiro atoms. The van der Waals surface area contributed by atoms with Gasteiger partial charge < -0.3 is 0 Å². The van der Waals surface area contributed by atoms with E-state index in [1.165, 1.54) is 17.5 Å². The van der Waals surface area contributed by atoms with Crippen LogP contribution < -0.4 is 0 Å². The van der Waals surface area contributed by atoms with Gasteiger partial charge in [0.15, 0.2) is 0 Å². The Morgan fingerprint density at radius 3 is 1.90 bits per heavy atom. The molecule has 2 aromatic carbocycles. The summed E-state index contributed by atoms with van der Waals surface area (Å²) < 4.78 is 1.51. The van der Waals surface area contributed by atoms with Gasteiger partial charge in [0.25, 0.3) is 0 Å². The quantitative estimate of drug-likeness (QED) is 0.379. The van der Waals surface area contributed by atoms with Crippen molar-refractivity contribution < 1.29 is 20.4 Å². The predicted octanol–water partition coefficient (Wildman–Crippen LogP) is 8.30. The standard InChI is InChI=1S/C17H15.C9H13.C2H6Si.Zr/c1-2-13-12-15-10-6-7-11-16(15)17(13)14-8-4-3-5-9-14;1-6-5-7(2)9(4)8(6)3;1-3-2;/h3-12H,2H2,1H3;5H,1-4H3;1-2H3;. The number of hydrogen-bond donors (Lipinski definition) is 0. The van der Waals surface area contributed by atoms with Gasteiger partial charge in [-0.25, -0.2) is 0 Å². The summed E-state index contributed by atoms with van der Waals surface area (Å²) in [4.78, 5) is 0. The van der Waals surface area contributed by atoms with E-state index in [4.69, 9.17) is 0 Å². The SMILES string of the molecule is CCC1=C(c2ccccc2)c2ccccc2[CH]1[Zr]([CH]1C(C)=C(C)C(C)=C1C)=[Si](C)C. The summed E-state index contributed by atoms with van der Waals surface area (Å²) in [5.41, 5.74) is 14.1. The summed E-state index contributed by atoms with van der Waals surface area (Å²) in [6, 6.07) is 20.5. The third-order valence-corrected chi connectivity index (χ3v) is 27.4. The molecular formula is C28H34SiZr. The second-order valence-electron chi connectivity index (χ2n) is 9.14. The summed E-state index contributed by atoms with van der Waals surface area (Å²) in [5, 5.41) is 0. The summed E-state index contributed by atoms with van der Waals surface area (Å²) in [6.07, 6.45) is 1.17. The Hall–Kier alpha value is -1.24. The van der Waals surface area contributed by atoms with Gasteiger partial charge in [0, 0.05) is 0 Å². The Morgan fingerprint density at radius 1 is 0.767 bits per heavy atom. The Balaban J connectivity index is 2.00. The predicted molar refractivity (Wildman–Crippen MR) is 130 cm³/mol. The Kier molecular flexibility index (Phi) is 6.38. The van der Waals surface area contributed by atoms with Crippen LogP contribution in [0.25, 0.3) is 5.57 Å². The molecule has 1 atom stereocenters. The van der Waals surface area contributed by atoms with Crippen LogP contribution in [0.4, 0.5) is 0 Å². The van der Waals surface area contributed by atoms with E-state index in [1.54, 1.807) is 39.0 Å². The summed E-state index contributed by atoms with van der Waals surface area (Å²) in [5.74, 6) is 0. The fourth-order valence-electron chi connectivity index (χ4n) is 5.72. The average Bonchev–Trinajstić information content (AvgIpc) is 3.18. The molecule has 0 radical (unpaired) electrons. The topological polar surface area (TPSA) is 0 Å². The Labute approximate surface area is 191 Å². The summed E-state index contributed by atoms with van der Waals surface area (Å²) >= 11 is -1.91. The van der Waals surface area contributed by atoms with Crippen LogP contribution in [0.2, 0.25) is 16.7 Å². The molecule has 1 unspecified atom stereocenters. The van der Waals surface area contributed by atoms with Crippen LogP contribution in [-0.2, 0) is 20.4 Å².